The van der Waals surface area contributed by atoms with Crippen LogP contribution in [0.2, 0.25) is 0 Å². The minimum Gasteiger partial charge on any atom is -0.379 e. The summed E-state index contributed by atoms with van der Waals surface area (Å²) in [5, 5.41) is 11.0. The maximum absolute atomic E-state index is 12.7. The Kier molecular flexibility index (Phi) is 6.35. The zero-order valence-corrected chi connectivity index (χ0v) is 18.8. The lowest BCUT2D eigenvalue weighted by Gasteiger charge is -2.26. The highest BCUT2D eigenvalue weighted by Gasteiger charge is 2.26. The largest absolute Gasteiger partial charge is 0.379 e. The summed E-state index contributed by atoms with van der Waals surface area (Å²) in [6.45, 7) is 5.54. The molecule has 1 fully saturated rings. The Bertz CT molecular complexity index is 1200. The van der Waals surface area contributed by atoms with Crippen LogP contribution in [0, 0.1) is 13.8 Å². The van der Waals surface area contributed by atoms with E-state index >= 15 is 0 Å². The second-order valence-corrected chi connectivity index (χ2v) is 9.55. The number of rotatable bonds is 6. The van der Waals surface area contributed by atoms with Gasteiger partial charge in [0.05, 0.1) is 29.5 Å². The van der Waals surface area contributed by atoms with E-state index in [4.69, 9.17) is 4.74 Å². The van der Waals surface area contributed by atoms with Crippen LogP contribution in [-0.2, 0) is 21.3 Å². The molecule has 10 heteroatoms. The minimum absolute atomic E-state index is 0.228. The van der Waals surface area contributed by atoms with E-state index in [9.17, 15) is 13.2 Å². The van der Waals surface area contributed by atoms with Gasteiger partial charge in [0, 0.05) is 19.6 Å². The van der Waals surface area contributed by atoms with E-state index in [0.29, 0.717) is 32.0 Å². The summed E-state index contributed by atoms with van der Waals surface area (Å²) in [7, 11) is -3.54. The predicted octanol–water partition coefficient (Wildman–Crippen LogP) is 1.84. The van der Waals surface area contributed by atoms with E-state index < -0.39 is 10.0 Å². The molecule has 3 aromatic rings. The quantitative estimate of drug-likeness (QED) is 0.608. The highest BCUT2D eigenvalue weighted by atomic mass is 32.2. The Hall–Kier alpha value is -3.08. The van der Waals surface area contributed by atoms with E-state index in [2.05, 4.69) is 15.6 Å². The van der Waals surface area contributed by atoms with Crippen LogP contribution >= 0.6 is 0 Å². The molecule has 0 atom stereocenters. The molecule has 9 nitrogen and oxygen atoms in total. The van der Waals surface area contributed by atoms with Gasteiger partial charge >= 0.3 is 0 Å². The van der Waals surface area contributed by atoms with Gasteiger partial charge < -0.3 is 10.1 Å². The first-order valence-electron chi connectivity index (χ1n) is 10.3. The highest BCUT2D eigenvalue weighted by Crippen LogP contribution is 2.18. The van der Waals surface area contributed by atoms with Crippen molar-refractivity contribution in [2.24, 2.45) is 0 Å². The number of nitrogens with zero attached hydrogens (tertiary/aromatic N) is 4. The van der Waals surface area contributed by atoms with Crippen LogP contribution in [0.3, 0.4) is 0 Å². The minimum atomic E-state index is -3.54. The molecule has 0 bridgehead atoms. The second-order valence-electron chi connectivity index (χ2n) is 7.61. The number of aryl methyl sites for hydroxylation is 1. The Balaban J connectivity index is 1.41. The predicted molar refractivity (Wildman–Crippen MR) is 118 cm³/mol. The van der Waals surface area contributed by atoms with Crippen LogP contribution in [0.5, 0.6) is 0 Å². The van der Waals surface area contributed by atoms with Gasteiger partial charge in [-0.3, -0.25) is 4.79 Å². The highest BCUT2D eigenvalue weighted by molar-refractivity contribution is 7.89. The van der Waals surface area contributed by atoms with E-state index in [0.717, 1.165) is 16.8 Å². The van der Waals surface area contributed by atoms with Gasteiger partial charge in [-0.15, -0.1) is 5.10 Å². The maximum atomic E-state index is 12.7. The average Bonchev–Trinajstić information content (AvgIpc) is 3.20. The smallest absolute Gasteiger partial charge is 0.274 e. The fraction of sp³-hybridized carbons (Fsp3) is 0.318. The number of ether oxygens (including phenoxy) is 1. The lowest BCUT2D eigenvalue weighted by Crippen LogP contribution is -2.40. The van der Waals surface area contributed by atoms with Crippen LogP contribution < -0.4 is 5.32 Å². The van der Waals surface area contributed by atoms with E-state index in [1.807, 2.05) is 31.2 Å². The molecule has 32 heavy (non-hydrogen) atoms. The number of carbonyl (C=O) groups is 1. The number of hydrogen-bond acceptors (Lipinski definition) is 6. The number of morpholine rings is 1. The van der Waals surface area contributed by atoms with Crippen molar-refractivity contribution in [3.8, 4) is 5.69 Å². The SMILES string of the molecule is Cc1ccc(-n2nnc(C(=O)NCc3ccc(S(=O)(=O)N4CCOCC4)cc3)c2C)cc1. The number of benzene rings is 2. The lowest BCUT2D eigenvalue weighted by atomic mass is 10.2. The Labute approximate surface area is 187 Å². The molecule has 1 aliphatic rings. The first-order valence-corrected chi connectivity index (χ1v) is 11.7. The second kappa shape index (κ2) is 9.19. The molecule has 1 aromatic heterocycles. The molecule has 0 saturated carbocycles. The van der Waals surface area contributed by atoms with Gasteiger partial charge in [-0.2, -0.15) is 4.31 Å². The first-order chi connectivity index (χ1) is 15.4. The van der Waals surface area contributed by atoms with Crippen molar-refractivity contribution in [2.45, 2.75) is 25.3 Å². The molecule has 0 radical (unpaired) electrons. The van der Waals surface area contributed by atoms with Crippen LogP contribution in [-0.4, -0.2) is 59.9 Å². The number of amides is 1. The average molecular weight is 456 g/mol. The van der Waals surface area contributed by atoms with Gasteiger partial charge in [0.15, 0.2) is 5.69 Å². The molecule has 1 saturated heterocycles. The van der Waals surface area contributed by atoms with Crippen LogP contribution in [0.4, 0.5) is 0 Å². The van der Waals surface area contributed by atoms with Crippen molar-refractivity contribution in [3.63, 3.8) is 0 Å². The van der Waals surface area contributed by atoms with Gasteiger partial charge in [-0.25, -0.2) is 13.1 Å². The monoisotopic (exact) mass is 455 g/mol. The number of sulfonamides is 1. The van der Waals surface area contributed by atoms with Gasteiger partial charge in [0.1, 0.15) is 0 Å². The van der Waals surface area contributed by atoms with Crippen molar-refractivity contribution < 1.29 is 17.9 Å². The summed E-state index contributed by atoms with van der Waals surface area (Å²) < 4.78 is 33.7. The summed E-state index contributed by atoms with van der Waals surface area (Å²) in [5.74, 6) is -0.342. The van der Waals surface area contributed by atoms with Crippen molar-refractivity contribution >= 4 is 15.9 Å². The molecule has 1 N–H and O–H groups in total. The van der Waals surface area contributed by atoms with Crippen molar-refractivity contribution in [2.75, 3.05) is 26.3 Å². The first kappa shape index (κ1) is 22.1. The van der Waals surface area contributed by atoms with Gasteiger partial charge in [-0.05, 0) is 43.7 Å². The summed E-state index contributed by atoms with van der Waals surface area (Å²) in [4.78, 5) is 12.9. The molecule has 4 rings (SSSR count). The number of nitrogens with one attached hydrogen (secondary N) is 1. The molecule has 2 aromatic carbocycles. The Morgan fingerprint density at radius 3 is 2.34 bits per heavy atom. The molecule has 2 heterocycles. The molecule has 1 amide bonds. The van der Waals surface area contributed by atoms with Gasteiger partial charge in [0.25, 0.3) is 5.91 Å². The number of aromatic nitrogens is 3. The van der Waals surface area contributed by atoms with Crippen molar-refractivity contribution in [3.05, 3.63) is 71.0 Å². The number of hydrogen-bond donors (Lipinski definition) is 1. The van der Waals surface area contributed by atoms with E-state index in [1.165, 1.54) is 4.31 Å². The van der Waals surface area contributed by atoms with E-state index in [1.54, 1.807) is 35.9 Å². The third-order valence-electron chi connectivity index (χ3n) is 5.37. The van der Waals surface area contributed by atoms with Crippen molar-refractivity contribution in [1.82, 2.24) is 24.6 Å². The summed E-state index contributed by atoms with van der Waals surface area (Å²) in [6.07, 6.45) is 0. The third-order valence-corrected chi connectivity index (χ3v) is 7.29. The summed E-state index contributed by atoms with van der Waals surface area (Å²) in [6, 6.07) is 14.3. The zero-order valence-electron chi connectivity index (χ0n) is 18.0. The van der Waals surface area contributed by atoms with Crippen LogP contribution in [0.1, 0.15) is 27.3 Å². The molecular weight excluding hydrogens is 430 g/mol. The number of carbonyl (C=O) groups excluding carboxylic acids is 1. The normalized spacial score (nSPS) is 14.9. The third kappa shape index (κ3) is 4.57. The van der Waals surface area contributed by atoms with Crippen LogP contribution in [0.25, 0.3) is 5.69 Å². The lowest BCUT2D eigenvalue weighted by molar-refractivity contribution is 0.0730. The summed E-state index contributed by atoms with van der Waals surface area (Å²) >= 11 is 0. The fourth-order valence-electron chi connectivity index (χ4n) is 3.45. The topological polar surface area (TPSA) is 106 Å². The maximum Gasteiger partial charge on any atom is 0.274 e. The fourth-order valence-corrected chi connectivity index (χ4v) is 4.86. The molecular formula is C22H25N5O4S. The van der Waals surface area contributed by atoms with Gasteiger partial charge in [0.2, 0.25) is 10.0 Å². The molecule has 0 aliphatic carbocycles. The standard InChI is InChI=1S/C22H25N5O4S/c1-16-3-7-19(8-4-16)27-17(2)21(24-25-27)22(28)23-15-18-5-9-20(10-6-18)32(29,30)26-11-13-31-14-12-26/h3-10H,11-15H2,1-2H3,(H,23,28). The Morgan fingerprint density at radius 2 is 1.69 bits per heavy atom. The molecule has 1 aliphatic heterocycles. The van der Waals surface area contributed by atoms with E-state index in [-0.39, 0.29) is 23.0 Å². The molecule has 0 spiro atoms. The summed E-state index contributed by atoms with van der Waals surface area (Å²) in [5.41, 5.74) is 3.63. The Morgan fingerprint density at radius 1 is 1.03 bits per heavy atom. The van der Waals surface area contributed by atoms with Crippen molar-refractivity contribution in [1.29, 1.82) is 0 Å². The molecule has 168 valence electrons. The van der Waals surface area contributed by atoms with Gasteiger partial charge in [-0.1, -0.05) is 35.0 Å². The zero-order chi connectivity index (χ0) is 22.7. The molecule has 0 unspecified atom stereocenters. The van der Waals surface area contributed by atoms with Crippen LogP contribution in [0.15, 0.2) is 53.4 Å².